The third-order valence-electron chi connectivity index (χ3n) is 7.90. The summed E-state index contributed by atoms with van der Waals surface area (Å²) in [6.45, 7) is 2.30. The average Bonchev–Trinajstić information content (AvgIpc) is 3.15. The molecule has 0 radical (unpaired) electrons. The molecule has 4 aliphatic rings. The molecule has 0 aromatic heterocycles. The molecular formula is C29H28BrNO7. The molecule has 8 nitrogen and oxygen atoms in total. The number of allylic oxidation sites excluding steroid dienone is 7. The number of ether oxygens (including phenoxy) is 2. The number of aromatic hydroxyl groups is 1. The normalized spacial score (nSPS) is 26.8. The van der Waals surface area contributed by atoms with Gasteiger partial charge in [-0.15, -0.1) is 0 Å². The number of halogens is 1. The highest BCUT2D eigenvalue weighted by molar-refractivity contribution is 9.12. The van der Waals surface area contributed by atoms with E-state index in [2.05, 4.69) is 15.9 Å². The standard InChI is InChI=1S/C29H28BrNO7/c1-4-9-31-28(35)17-8-7-15-16(6-5-14-10-22(37-2)27(34)23(11-14)38-3)24-19(12-18(15)25(17)29(31)36)26(33)20(30)13-21(24)32/h5-7,10-11,13,16-18,25,34H,4,8-9,12H2,1-3H3/t16-,17-,18+,25-/m0/s1. The fourth-order valence-electron chi connectivity index (χ4n) is 6.21. The van der Waals surface area contributed by atoms with Crippen molar-refractivity contribution in [1.29, 1.82) is 0 Å². The van der Waals surface area contributed by atoms with Crippen LogP contribution in [-0.4, -0.2) is 54.2 Å². The Hall–Kier alpha value is -3.46. The second-order valence-corrected chi connectivity index (χ2v) is 10.8. The average molecular weight is 582 g/mol. The number of phenols is 1. The Labute approximate surface area is 228 Å². The van der Waals surface area contributed by atoms with Crippen LogP contribution in [0.25, 0.3) is 6.08 Å². The maximum Gasteiger partial charge on any atom is 0.233 e. The third kappa shape index (κ3) is 4.04. The number of hydrogen-bond donors (Lipinski definition) is 1. The van der Waals surface area contributed by atoms with Crippen LogP contribution in [0.3, 0.4) is 0 Å². The summed E-state index contributed by atoms with van der Waals surface area (Å²) in [6, 6.07) is 3.28. The van der Waals surface area contributed by atoms with E-state index in [9.17, 15) is 24.3 Å². The van der Waals surface area contributed by atoms with Crippen LogP contribution in [0.4, 0.5) is 0 Å². The van der Waals surface area contributed by atoms with E-state index in [4.69, 9.17) is 9.47 Å². The van der Waals surface area contributed by atoms with Crippen LogP contribution in [0.1, 0.15) is 31.7 Å². The lowest BCUT2D eigenvalue weighted by atomic mass is 9.61. The zero-order valence-corrected chi connectivity index (χ0v) is 22.9. The van der Waals surface area contributed by atoms with E-state index in [1.54, 1.807) is 18.2 Å². The Kier molecular flexibility index (Phi) is 6.90. The van der Waals surface area contributed by atoms with Crippen molar-refractivity contribution in [2.75, 3.05) is 20.8 Å². The number of carbonyl (C=O) groups excluding carboxylic acids is 4. The number of nitrogens with zero attached hydrogens (tertiary/aromatic N) is 1. The first-order valence-electron chi connectivity index (χ1n) is 12.6. The van der Waals surface area contributed by atoms with Gasteiger partial charge in [-0.2, -0.15) is 0 Å². The second kappa shape index (κ2) is 10.0. The van der Waals surface area contributed by atoms with Crippen molar-refractivity contribution >= 4 is 45.4 Å². The smallest absolute Gasteiger partial charge is 0.233 e. The van der Waals surface area contributed by atoms with Gasteiger partial charge in [0.15, 0.2) is 23.1 Å². The SMILES string of the molecule is CCCN1C(=O)[C@H]2[C@H](CC=C3[C@H](C=Cc4cc(OC)c(O)c(OC)c4)C4=C(C[C@H]32)C(=O)C(Br)=CC4=O)C1=O. The molecule has 1 N–H and O–H groups in total. The Morgan fingerprint density at radius 2 is 1.76 bits per heavy atom. The van der Waals surface area contributed by atoms with Gasteiger partial charge in [-0.25, -0.2) is 0 Å². The molecule has 0 saturated carbocycles. The number of imide groups is 1. The number of amides is 2. The molecule has 0 spiro atoms. The van der Waals surface area contributed by atoms with E-state index in [0.29, 0.717) is 36.1 Å². The molecule has 1 aliphatic heterocycles. The van der Waals surface area contributed by atoms with Gasteiger partial charge in [0, 0.05) is 29.7 Å². The number of benzene rings is 1. The van der Waals surface area contributed by atoms with Gasteiger partial charge in [-0.1, -0.05) is 30.7 Å². The second-order valence-electron chi connectivity index (χ2n) is 9.90. The van der Waals surface area contributed by atoms with Crippen molar-refractivity contribution in [3.63, 3.8) is 0 Å². The minimum atomic E-state index is -0.555. The topological polar surface area (TPSA) is 110 Å². The number of Topliss-reactive ketones (excluding diaryl/α,β-unsaturated/α-hetero) is 1. The number of phenolic OH excluding ortho intramolecular Hbond substituents is 1. The first-order chi connectivity index (χ1) is 18.2. The van der Waals surface area contributed by atoms with Crippen LogP contribution >= 0.6 is 15.9 Å². The van der Waals surface area contributed by atoms with Gasteiger partial charge in [0.2, 0.25) is 17.6 Å². The molecule has 9 heteroatoms. The van der Waals surface area contributed by atoms with Crippen LogP contribution in [0.5, 0.6) is 17.2 Å². The summed E-state index contributed by atoms with van der Waals surface area (Å²) >= 11 is 3.23. The van der Waals surface area contributed by atoms with Crippen LogP contribution in [0, 0.1) is 23.7 Å². The number of ketones is 2. The number of rotatable bonds is 6. The fourth-order valence-corrected chi connectivity index (χ4v) is 6.66. The molecule has 38 heavy (non-hydrogen) atoms. The van der Waals surface area contributed by atoms with Gasteiger partial charge < -0.3 is 14.6 Å². The highest BCUT2D eigenvalue weighted by atomic mass is 79.9. The van der Waals surface area contributed by atoms with Crippen LogP contribution in [0.2, 0.25) is 0 Å². The quantitative estimate of drug-likeness (QED) is 0.305. The van der Waals surface area contributed by atoms with Crippen LogP contribution in [-0.2, 0) is 19.2 Å². The largest absolute Gasteiger partial charge is 0.502 e. The van der Waals surface area contributed by atoms with Crippen LogP contribution < -0.4 is 9.47 Å². The Morgan fingerprint density at radius 3 is 2.39 bits per heavy atom. The molecule has 5 rings (SSSR count). The van der Waals surface area contributed by atoms with Crippen molar-refractivity contribution in [3.05, 3.63) is 57.1 Å². The minimum Gasteiger partial charge on any atom is -0.502 e. The van der Waals surface area contributed by atoms with Gasteiger partial charge in [-0.3, -0.25) is 24.1 Å². The zero-order valence-electron chi connectivity index (χ0n) is 21.3. The van der Waals surface area contributed by atoms with Crippen molar-refractivity contribution in [3.8, 4) is 17.2 Å². The molecule has 2 amide bonds. The number of fused-ring (bicyclic) bond motifs is 3. The summed E-state index contributed by atoms with van der Waals surface area (Å²) in [5.74, 6) is -2.46. The van der Waals surface area contributed by atoms with Gasteiger partial charge in [0.1, 0.15) is 0 Å². The van der Waals surface area contributed by atoms with E-state index in [-0.39, 0.29) is 57.5 Å². The molecule has 0 bridgehead atoms. The van der Waals surface area contributed by atoms with E-state index in [0.717, 1.165) is 5.57 Å². The molecule has 1 aromatic rings. The summed E-state index contributed by atoms with van der Waals surface area (Å²) in [5.41, 5.74) is 2.32. The molecule has 1 saturated heterocycles. The predicted molar refractivity (Wildman–Crippen MR) is 143 cm³/mol. The van der Waals surface area contributed by atoms with Gasteiger partial charge in [0.25, 0.3) is 0 Å². The number of likely N-dealkylation sites (tertiary alicyclic amines) is 1. The Bertz CT molecular complexity index is 1360. The molecule has 4 atom stereocenters. The predicted octanol–water partition coefficient (Wildman–Crippen LogP) is 4.13. The molecular weight excluding hydrogens is 554 g/mol. The monoisotopic (exact) mass is 581 g/mol. The first kappa shape index (κ1) is 26.2. The van der Waals surface area contributed by atoms with Gasteiger partial charge in [0.05, 0.1) is 30.5 Å². The lowest BCUT2D eigenvalue weighted by molar-refractivity contribution is -0.140. The fraction of sp³-hybridized carbons (Fsp3) is 0.379. The lowest BCUT2D eigenvalue weighted by Crippen LogP contribution is -2.40. The van der Waals surface area contributed by atoms with E-state index in [1.807, 2.05) is 19.1 Å². The van der Waals surface area contributed by atoms with Crippen molar-refractivity contribution in [1.82, 2.24) is 4.90 Å². The molecule has 1 aromatic carbocycles. The summed E-state index contributed by atoms with van der Waals surface area (Å²) in [7, 11) is 2.87. The minimum absolute atomic E-state index is 0.125. The maximum atomic E-state index is 13.4. The van der Waals surface area contributed by atoms with E-state index < -0.39 is 17.8 Å². The Morgan fingerprint density at radius 1 is 1.08 bits per heavy atom. The van der Waals surface area contributed by atoms with E-state index in [1.165, 1.54) is 25.2 Å². The van der Waals surface area contributed by atoms with Crippen molar-refractivity contribution < 1.29 is 33.8 Å². The summed E-state index contributed by atoms with van der Waals surface area (Å²) in [4.78, 5) is 54.3. The highest BCUT2D eigenvalue weighted by Crippen LogP contribution is 2.53. The molecule has 1 heterocycles. The third-order valence-corrected chi connectivity index (χ3v) is 8.49. The molecule has 198 valence electrons. The molecule has 1 fully saturated rings. The number of methoxy groups -OCH3 is 2. The first-order valence-corrected chi connectivity index (χ1v) is 13.4. The summed E-state index contributed by atoms with van der Waals surface area (Å²) < 4.78 is 10.7. The van der Waals surface area contributed by atoms with E-state index >= 15 is 0 Å². The number of carbonyl (C=O) groups is 4. The maximum absolute atomic E-state index is 13.4. The van der Waals surface area contributed by atoms with Crippen molar-refractivity contribution in [2.45, 2.75) is 26.2 Å². The van der Waals surface area contributed by atoms with Gasteiger partial charge >= 0.3 is 0 Å². The number of hydrogen-bond acceptors (Lipinski definition) is 7. The Balaban J connectivity index is 1.60. The highest BCUT2D eigenvalue weighted by Gasteiger charge is 2.55. The van der Waals surface area contributed by atoms with Crippen molar-refractivity contribution in [2.24, 2.45) is 23.7 Å². The summed E-state index contributed by atoms with van der Waals surface area (Å²) in [6.07, 6.45) is 8.22. The zero-order chi connectivity index (χ0) is 27.3. The molecule has 0 unspecified atom stereocenters. The van der Waals surface area contributed by atoms with Gasteiger partial charge in [-0.05, 0) is 58.8 Å². The molecule has 3 aliphatic carbocycles. The van der Waals surface area contributed by atoms with Crippen LogP contribution in [0.15, 0.2) is 51.6 Å². The lowest BCUT2D eigenvalue weighted by Gasteiger charge is -2.41. The summed E-state index contributed by atoms with van der Waals surface area (Å²) in [5, 5.41) is 10.3.